The third-order valence-corrected chi connectivity index (χ3v) is 5.41. The van der Waals surface area contributed by atoms with Crippen molar-refractivity contribution in [2.75, 3.05) is 0 Å². The van der Waals surface area contributed by atoms with E-state index in [2.05, 4.69) is 9.97 Å². The highest BCUT2D eigenvalue weighted by Gasteiger charge is 2.19. The summed E-state index contributed by atoms with van der Waals surface area (Å²) in [6.07, 6.45) is 3.44. The van der Waals surface area contributed by atoms with Crippen molar-refractivity contribution >= 4 is 28.1 Å². The Labute approximate surface area is 166 Å². The molecule has 4 rings (SSSR count). The summed E-state index contributed by atoms with van der Waals surface area (Å²) in [5.74, 6) is -0.0951. The van der Waals surface area contributed by atoms with Gasteiger partial charge < -0.3 is 9.88 Å². The number of benzene rings is 1. The van der Waals surface area contributed by atoms with E-state index >= 15 is 0 Å². The third kappa shape index (κ3) is 3.87. The minimum absolute atomic E-state index is 0.0951. The highest BCUT2D eigenvalue weighted by Crippen LogP contribution is 2.18. The second-order valence-electron chi connectivity index (χ2n) is 6.71. The Hall–Kier alpha value is -3.25. The van der Waals surface area contributed by atoms with Crippen LogP contribution in [0.3, 0.4) is 0 Å². The van der Waals surface area contributed by atoms with Gasteiger partial charge in [0.2, 0.25) is 0 Å². The SMILES string of the molecule is Cc1ccc2cc(CN(Cc3cccnc3)C(=O)c3cccs3)c(=O)[nH]c2c1. The van der Waals surface area contributed by atoms with E-state index in [4.69, 9.17) is 0 Å². The van der Waals surface area contributed by atoms with Crippen LogP contribution < -0.4 is 5.56 Å². The lowest BCUT2D eigenvalue weighted by Gasteiger charge is -2.22. The molecule has 0 spiro atoms. The molecule has 0 atom stereocenters. The zero-order valence-electron chi connectivity index (χ0n) is 15.4. The minimum Gasteiger partial charge on any atom is -0.329 e. The van der Waals surface area contributed by atoms with Crippen LogP contribution in [-0.2, 0) is 13.1 Å². The first kappa shape index (κ1) is 18.1. The smallest absolute Gasteiger partial charge is 0.264 e. The monoisotopic (exact) mass is 389 g/mol. The number of nitrogens with zero attached hydrogens (tertiary/aromatic N) is 2. The van der Waals surface area contributed by atoms with Gasteiger partial charge in [0, 0.05) is 30.0 Å². The molecule has 1 aromatic carbocycles. The lowest BCUT2D eigenvalue weighted by Crippen LogP contribution is -2.32. The number of fused-ring (bicyclic) bond motifs is 1. The number of rotatable bonds is 5. The fourth-order valence-electron chi connectivity index (χ4n) is 3.15. The number of nitrogens with one attached hydrogen (secondary N) is 1. The van der Waals surface area contributed by atoms with Crippen molar-refractivity contribution in [3.05, 3.63) is 98.2 Å². The van der Waals surface area contributed by atoms with E-state index in [0.717, 1.165) is 22.0 Å². The average molecular weight is 389 g/mol. The Balaban J connectivity index is 1.69. The first-order chi connectivity index (χ1) is 13.6. The zero-order valence-corrected chi connectivity index (χ0v) is 16.2. The number of carbonyl (C=O) groups excluding carboxylic acids is 1. The van der Waals surface area contributed by atoms with Crippen LogP contribution in [0.25, 0.3) is 10.9 Å². The van der Waals surface area contributed by atoms with Crippen LogP contribution in [0.2, 0.25) is 0 Å². The van der Waals surface area contributed by atoms with Crippen molar-refractivity contribution in [2.24, 2.45) is 0 Å². The molecule has 5 nitrogen and oxygen atoms in total. The molecule has 1 N–H and O–H groups in total. The van der Waals surface area contributed by atoms with Crippen molar-refractivity contribution in [3.63, 3.8) is 0 Å². The Morgan fingerprint density at radius 2 is 2.04 bits per heavy atom. The molecule has 0 unspecified atom stereocenters. The van der Waals surface area contributed by atoms with Crippen molar-refractivity contribution in [3.8, 4) is 0 Å². The van der Waals surface area contributed by atoms with E-state index < -0.39 is 0 Å². The molecular weight excluding hydrogens is 370 g/mol. The second-order valence-corrected chi connectivity index (χ2v) is 7.66. The van der Waals surface area contributed by atoms with Gasteiger partial charge in [-0.3, -0.25) is 14.6 Å². The number of H-pyrrole nitrogens is 1. The Morgan fingerprint density at radius 3 is 2.79 bits per heavy atom. The molecule has 6 heteroatoms. The van der Waals surface area contributed by atoms with Gasteiger partial charge in [-0.05, 0) is 53.1 Å². The summed E-state index contributed by atoms with van der Waals surface area (Å²) in [6.45, 7) is 2.60. The topological polar surface area (TPSA) is 66.1 Å². The fraction of sp³-hybridized carbons (Fsp3) is 0.136. The van der Waals surface area contributed by atoms with Crippen molar-refractivity contribution in [1.82, 2.24) is 14.9 Å². The van der Waals surface area contributed by atoms with Crippen LogP contribution in [0.5, 0.6) is 0 Å². The van der Waals surface area contributed by atoms with E-state index in [9.17, 15) is 9.59 Å². The second kappa shape index (κ2) is 7.78. The summed E-state index contributed by atoms with van der Waals surface area (Å²) in [5.41, 5.74) is 3.19. The maximum absolute atomic E-state index is 13.0. The maximum Gasteiger partial charge on any atom is 0.264 e. The van der Waals surface area contributed by atoms with Gasteiger partial charge in [-0.1, -0.05) is 24.3 Å². The quantitative estimate of drug-likeness (QED) is 0.558. The Bertz CT molecular complexity index is 1170. The van der Waals surface area contributed by atoms with Crippen molar-refractivity contribution in [1.29, 1.82) is 0 Å². The first-order valence-corrected chi connectivity index (χ1v) is 9.82. The van der Waals surface area contributed by atoms with Crippen LogP contribution in [0.1, 0.15) is 26.4 Å². The predicted octanol–water partition coefficient (Wildman–Crippen LogP) is 4.14. The molecule has 0 bridgehead atoms. The molecule has 0 radical (unpaired) electrons. The van der Waals surface area contributed by atoms with Crippen LogP contribution in [0, 0.1) is 6.92 Å². The van der Waals surface area contributed by atoms with Crippen LogP contribution in [0.15, 0.2) is 71.1 Å². The highest BCUT2D eigenvalue weighted by molar-refractivity contribution is 7.12. The van der Waals surface area contributed by atoms with E-state index in [0.29, 0.717) is 17.0 Å². The summed E-state index contributed by atoms with van der Waals surface area (Å²) in [4.78, 5) is 35.1. The number of hydrogen-bond donors (Lipinski definition) is 1. The summed E-state index contributed by atoms with van der Waals surface area (Å²) < 4.78 is 0. The van der Waals surface area contributed by atoms with E-state index in [1.54, 1.807) is 23.4 Å². The maximum atomic E-state index is 13.0. The predicted molar refractivity (Wildman–Crippen MR) is 111 cm³/mol. The molecule has 28 heavy (non-hydrogen) atoms. The lowest BCUT2D eigenvalue weighted by atomic mass is 10.1. The normalized spacial score (nSPS) is 10.9. The van der Waals surface area contributed by atoms with Crippen LogP contribution in [0.4, 0.5) is 0 Å². The number of aryl methyl sites for hydroxylation is 1. The standard InChI is InChI=1S/C22H19N3O2S/c1-15-6-7-17-11-18(21(26)24-19(17)10-15)14-25(13-16-4-2-8-23-12-16)22(27)20-5-3-9-28-20/h2-12H,13-14H2,1H3,(H,24,26). The molecule has 1 amide bonds. The van der Waals surface area contributed by atoms with Gasteiger partial charge in [0.1, 0.15) is 0 Å². The van der Waals surface area contributed by atoms with E-state index in [-0.39, 0.29) is 18.0 Å². The minimum atomic E-state index is -0.173. The molecule has 0 fully saturated rings. The van der Waals surface area contributed by atoms with Gasteiger partial charge >= 0.3 is 0 Å². The number of hydrogen-bond acceptors (Lipinski definition) is 4. The van der Waals surface area contributed by atoms with E-state index in [1.165, 1.54) is 11.3 Å². The average Bonchev–Trinajstić information content (AvgIpc) is 3.23. The van der Waals surface area contributed by atoms with E-state index in [1.807, 2.05) is 54.8 Å². The molecule has 0 saturated carbocycles. The number of amides is 1. The summed E-state index contributed by atoms with van der Waals surface area (Å²) in [7, 11) is 0. The third-order valence-electron chi connectivity index (χ3n) is 4.55. The number of aromatic amines is 1. The Morgan fingerprint density at radius 1 is 1.14 bits per heavy atom. The van der Waals surface area contributed by atoms with Crippen molar-refractivity contribution in [2.45, 2.75) is 20.0 Å². The summed E-state index contributed by atoms with van der Waals surface area (Å²) in [6, 6.07) is 15.2. The van der Waals surface area contributed by atoms with Crippen LogP contribution in [-0.4, -0.2) is 20.8 Å². The molecule has 0 aliphatic heterocycles. The lowest BCUT2D eigenvalue weighted by molar-refractivity contribution is 0.0734. The number of thiophene rings is 1. The van der Waals surface area contributed by atoms with Gasteiger partial charge in [-0.15, -0.1) is 11.3 Å². The first-order valence-electron chi connectivity index (χ1n) is 8.94. The largest absolute Gasteiger partial charge is 0.329 e. The van der Waals surface area contributed by atoms with Crippen LogP contribution >= 0.6 is 11.3 Å². The van der Waals surface area contributed by atoms with Crippen molar-refractivity contribution < 1.29 is 4.79 Å². The highest BCUT2D eigenvalue weighted by atomic mass is 32.1. The molecule has 0 saturated heterocycles. The number of pyridine rings is 2. The zero-order chi connectivity index (χ0) is 19.5. The molecule has 0 aliphatic carbocycles. The summed E-state index contributed by atoms with van der Waals surface area (Å²) in [5, 5.41) is 2.82. The number of carbonyl (C=O) groups is 1. The molecule has 3 heterocycles. The molecule has 3 aromatic heterocycles. The Kier molecular flexibility index (Phi) is 5.04. The molecule has 0 aliphatic rings. The summed E-state index contributed by atoms with van der Waals surface area (Å²) >= 11 is 1.40. The van der Waals surface area contributed by atoms with Gasteiger partial charge in [0.05, 0.1) is 11.4 Å². The molecular formula is C22H19N3O2S. The molecule has 140 valence electrons. The van der Waals surface area contributed by atoms with Gasteiger partial charge in [0.15, 0.2) is 0 Å². The molecule has 4 aromatic rings. The number of aromatic nitrogens is 2. The van der Waals surface area contributed by atoms with Gasteiger partial charge in [0.25, 0.3) is 11.5 Å². The van der Waals surface area contributed by atoms with Gasteiger partial charge in [-0.25, -0.2) is 0 Å². The fourth-order valence-corrected chi connectivity index (χ4v) is 3.84. The van der Waals surface area contributed by atoms with Gasteiger partial charge in [-0.2, -0.15) is 0 Å².